The molecule has 102 valence electrons. The number of aromatic amines is 1. The molecule has 3 rings (SSSR count). The van der Waals surface area contributed by atoms with Crippen LogP contribution in [0.4, 0.5) is 5.82 Å². The van der Waals surface area contributed by atoms with Gasteiger partial charge in [-0.3, -0.25) is 29.0 Å². The van der Waals surface area contributed by atoms with E-state index in [4.69, 9.17) is 0 Å². The van der Waals surface area contributed by atoms with Gasteiger partial charge in [0.1, 0.15) is 12.5 Å². The Balaban J connectivity index is 2.16. The van der Waals surface area contributed by atoms with Crippen LogP contribution < -0.4 is 16.1 Å². The van der Waals surface area contributed by atoms with Crippen molar-refractivity contribution in [3.05, 3.63) is 48.8 Å². The monoisotopic (exact) mass is 290 g/mol. The average molecular weight is 290 g/mol. The molecule has 0 aliphatic carbocycles. The fourth-order valence-corrected chi connectivity index (χ4v) is 2.61. The second-order valence-corrected chi connectivity index (χ2v) is 5.17. The molecule has 0 aromatic carbocycles. The third-order valence-corrected chi connectivity index (χ3v) is 3.87. The van der Waals surface area contributed by atoms with Gasteiger partial charge in [-0.05, 0) is 11.4 Å². The number of rotatable bonds is 1. The van der Waals surface area contributed by atoms with Gasteiger partial charge in [0.25, 0.3) is 11.5 Å². The molecule has 0 unspecified atom stereocenters. The molecule has 7 nitrogen and oxygen atoms in total. The largest absolute Gasteiger partial charge is 0.329 e. The molecule has 0 radical (unpaired) electrons. The highest BCUT2D eigenvalue weighted by Crippen LogP contribution is 2.20. The van der Waals surface area contributed by atoms with Gasteiger partial charge in [-0.1, -0.05) is 6.07 Å². The molecule has 1 aliphatic heterocycles. The topological polar surface area (TPSA) is 87.5 Å². The lowest BCUT2D eigenvalue weighted by atomic mass is 10.2. The third kappa shape index (κ3) is 1.81. The fourth-order valence-electron chi connectivity index (χ4n) is 1.94. The zero-order chi connectivity index (χ0) is 14.3. The highest BCUT2D eigenvalue weighted by atomic mass is 32.1. The minimum absolute atomic E-state index is 0.0762. The smallest absolute Gasteiger partial charge is 0.292 e. The second kappa shape index (κ2) is 4.57. The molecule has 1 N–H and O–H groups in total. The summed E-state index contributed by atoms with van der Waals surface area (Å²) in [5, 5.41) is 1.79. The van der Waals surface area contributed by atoms with Crippen LogP contribution in [0, 0.1) is 0 Å². The minimum Gasteiger partial charge on any atom is -0.292 e. The highest BCUT2D eigenvalue weighted by molar-refractivity contribution is 7.12. The Morgan fingerprint density at radius 2 is 2.25 bits per heavy atom. The molecule has 8 heteroatoms. The first kappa shape index (κ1) is 12.5. The number of hydrogen-bond acceptors (Lipinski definition) is 5. The van der Waals surface area contributed by atoms with Gasteiger partial charge in [0.2, 0.25) is 0 Å². The Morgan fingerprint density at radius 3 is 2.95 bits per heavy atom. The van der Waals surface area contributed by atoms with Gasteiger partial charge in [0, 0.05) is 13.3 Å². The average Bonchev–Trinajstić information content (AvgIpc) is 2.98. The lowest BCUT2D eigenvalue weighted by Crippen LogP contribution is -2.43. The van der Waals surface area contributed by atoms with Gasteiger partial charge in [-0.2, -0.15) is 0 Å². The van der Waals surface area contributed by atoms with Crippen LogP contribution in [0.1, 0.15) is 15.2 Å². The molecule has 0 bridgehead atoms. The summed E-state index contributed by atoms with van der Waals surface area (Å²) in [4.78, 5) is 44.4. The van der Waals surface area contributed by atoms with Gasteiger partial charge >= 0.3 is 5.69 Å². The SMILES string of the molecule is Cn1c(=O)[nH]c2c(c1=O)C=NCN2C(=O)c1cccs1. The number of carbonyl (C=O) groups excluding carboxylic acids is 1. The standard InChI is InChI=1S/C12H10N4O3S/c1-15-10(17)7-5-13-6-16(9(7)14-12(15)19)11(18)8-3-2-4-20-8/h2-5H,6H2,1H3,(H,14,19). The Hall–Kier alpha value is -2.48. The van der Waals surface area contributed by atoms with Crippen LogP contribution in [0.2, 0.25) is 0 Å². The Kier molecular flexibility index (Phi) is 2.87. The maximum atomic E-state index is 12.4. The lowest BCUT2D eigenvalue weighted by molar-refractivity contribution is 0.0990. The van der Waals surface area contributed by atoms with E-state index in [9.17, 15) is 14.4 Å². The van der Waals surface area contributed by atoms with Crippen molar-refractivity contribution in [2.75, 3.05) is 11.6 Å². The predicted octanol–water partition coefficient (Wildman–Crippen LogP) is 0.172. The molecule has 0 spiro atoms. The molecular formula is C12H10N4O3S. The number of aliphatic imine (C=N–C) groups is 1. The van der Waals surface area contributed by atoms with Crippen molar-refractivity contribution in [3.8, 4) is 0 Å². The third-order valence-electron chi connectivity index (χ3n) is 3.01. The van der Waals surface area contributed by atoms with Crippen molar-refractivity contribution < 1.29 is 4.79 Å². The van der Waals surface area contributed by atoms with Crippen LogP contribution in [-0.2, 0) is 7.05 Å². The van der Waals surface area contributed by atoms with E-state index in [1.807, 2.05) is 0 Å². The summed E-state index contributed by atoms with van der Waals surface area (Å²) < 4.78 is 0.948. The number of fused-ring (bicyclic) bond motifs is 1. The number of carbonyl (C=O) groups is 1. The van der Waals surface area contributed by atoms with Crippen LogP contribution in [0.15, 0.2) is 32.1 Å². The van der Waals surface area contributed by atoms with Crippen molar-refractivity contribution >= 4 is 29.3 Å². The van der Waals surface area contributed by atoms with Crippen LogP contribution in [0.5, 0.6) is 0 Å². The number of hydrogen-bond donors (Lipinski definition) is 1. The molecular weight excluding hydrogens is 280 g/mol. The van der Waals surface area contributed by atoms with Gasteiger partial charge in [-0.25, -0.2) is 4.79 Å². The minimum atomic E-state index is -0.562. The van der Waals surface area contributed by atoms with Crippen LogP contribution in [-0.4, -0.2) is 28.3 Å². The molecule has 1 amide bonds. The van der Waals surface area contributed by atoms with E-state index in [-0.39, 0.29) is 24.0 Å². The summed E-state index contributed by atoms with van der Waals surface area (Å²) in [7, 11) is 1.37. The van der Waals surface area contributed by atoms with E-state index >= 15 is 0 Å². The van der Waals surface area contributed by atoms with Crippen molar-refractivity contribution in [2.24, 2.45) is 12.0 Å². The molecule has 0 atom stereocenters. The first-order valence-electron chi connectivity index (χ1n) is 5.78. The summed E-state index contributed by atoms with van der Waals surface area (Å²) in [5.74, 6) is -0.0893. The second-order valence-electron chi connectivity index (χ2n) is 4.22. The van der Waals surface area contributed by atoms with Crippen molar-refractivity contribution in [1.29, 1.82) is 0 Å². The summed E-state index contributed by atoms with van der Waals surface area (Å²) in [6.45, 7) is 0.0762. The number of H-pyrrole nitrogens is 1. The Bertz CT molecular complexity index is 816. The summed E-state index contributed by atoms with van der Waals surface area (Å²) >= 11 is 1.29. The number of amides is 1. The summed E-state index contributed by atoms with van der Waals surface area (Å²) in [6.07, 6.45) is 1.38. The van der Waals surface area contributed by atoms with Crippen molar-refractivity contribution in [1.82, 2.24) is 9.55 Å². The number of nitrogens with one attached hydrogen (secondary N) is 1. The highest BCUT2D eigenvalue weighted by Gasteiger charge is 2.26. The Morgan fingerprint density at radius 1 is 1.45 bits per heavy atom. The van der Waals surface area contributed by atoms with Crippen molar-refractivity contribution in [3.63, 3.8) is 0 Å². The van der Waals surface area contributed by atoms with Crippen LogP contribution in [0.25, 0.3) is 0 Å². The van der Waals surface area contributed by atoms with E-state index in [0.29, 0.717) is 4.88 Å². The molecule has 20 heavy (non-hydrogen) atoms. The van der Waals surface area contributed by atoms with E-state index in [0.717, 1.165) is 4.57 Å². The van der Waals surface area contributed by atoms with E-state index in [1.165, 1.54) is 29.5 Å². The van der Waals surface area contributed by atoms with E-state index in [2.05, 4.69) is 9.98 Å². The number of aromatic nitrogens is 2. The molecule has 0 fully saturated rings. The molecule has 1 aliphatic rings. The van der Waals surface area contributed by atoms with Gasteiger partial charge < -0.3 is 0 Å². The fraction of sp³-hybridized carbons (Fsp3) is 0.167. The molecule has 0 saturated carbocycles. The Labute approximate surface area is 116 Å². The van der Waals surface area contributed by atoms with Gasteiger partial charge in [-0.15, -0.1) is 11.3 Å². The first-order chi connectivity index (χ1) is 9.59. The number of anilines is 1. The normalized spacial score (nSPS) is 13.3. The maximum Gasteiger partial charge on any atom is 0.329 e. The lowest BCUT2D eigenvalue weighted by Gasteiger charge is -2.24. The maximum absolute atomic E-state index is 12.4. The summed E-state index contributed by atoms with van der Waals surface area (Å²) in [5.41, 5.74) is -0.826. The zero-order valence-electron chi connectivity index (χ0n) is 10.5. The predicted molar refractivity (Wildman–Crippen MR) is 75.9 cm³/mol. The molecule has 2 aromatic rings. The van der Waals surface area contributed by atoms with E-state index in [1.54, 1.807) is 17.5 Å². The zero-order valence-corrected chi connectivity index (χ0v) is 11.3. The first-order valence-corrected chi connectivity index (χ1v) is 6.66. The number of thiophene rings is 1. The van der Waals surface area contributed by atoms with Crippen LogP contribution in [0.3, 0.4) is 0 Å². The summed E-state index contributed by atoms with van der Waals surface area (Å²) in [6, 6.07) is 3.45. The van der Waals surface area contributed by atoms with Gasteiger partial charge in [0.15, 0.2) is 0 Å². The quantitative estimate of drug-likeness (QED) is 0.812. The van der Waals surface area contributed by atoms with Gasteiger partial charge in [0.05, 0.1) is 10.4 Å². The number of nitrogens with zero attached hydrogens (tertiary/aromatic N) is 3. The molecule has 2 aromatic heterocycles. The molecule has 0 saturated heterocycles. The van der Waals surface area contributed by atoms with E-state index < -0.39 is 11.2 Å². The van der Waals surface area contributed by atoms with Crippen LogP contribution >= 0.6 is 11.3 Å². The van der Waals surface area contributed by atoms with Crippen molar-refractivity contribution in [2.45, 2.75) is 0 Å². The molecule has 3 heterocycles.